The standard InChI is InChI=1S/C9H8F2O4/c1-14-4-15-8-2-5(9(12)13)6(10)3-7(8)11/h2-3H,4H2,1H3,(H,12,13). The summed E-state index contributed by atoms with van der Waals surface area (Å²) in [7, 11) is 1.32. The average molecular weight is 218 g/mol. The van der Waals surface area contributed by atoms with Gasteiger partial charge in [-0.05, 0) is 0 Å². The van der Waals surface area contributed by atoms with Crippen LogP contribution in [0.3, 0.4) is 0 Å². The minimum Gasteiger partial charge on any atom is -0.478 e. The van der Waals surface area contributed by atoms with Crippen molar-refractivity contribution in [2.24, 2.45) is 0 Å². The lowest BCUT2D eigenvalue weighted by Gasteiger charge is -2.07. The van der Waals surface area contributed by atoms with Gasteiger partial charge in [-0.2, -0.15) is 0 Å². The van der Waals surface area contributed by atoms with Gasteiger partial charge in [0.2, 0.25) is 0 Å². The molecule has 0 fully saturated rings. The minimum absolute atomic E-state index is 0.248. The summed E-state index contributed by atoms with van der Waals surface area (Å²) in [6.45, 7) is -0.248. The van der Waals surface area contributed by atoms with Crippen LogP contribution in [0.2, 0.25) is 0 Å². The van der Waals surface area contributed by atoms with Crippen LogP contribution in [0, 0.1) is 11.6 Å². The molecule has 1 aromatic carbocycles. The van der Waals surface area contributed by atoms with Crippen LogP contribution in [0.4, 0.5) is 8.78 Å². The van der Waals surface area contributed by atoms with Gasteiger partial charge in [-0.25, -0.2) is 13.6 Å². The van der Waals surface area contributed by atoms with E-state index >= 15 is 0 Å². The molecule has 15 heavy (non-hydrogen) atoms. The van der Waals surface area contributed by atoms with Crippen molar-refractivity contribution in [2.45, 2.75) is 0 Å². The van der Waals surface area contributed by atoms with Crippen molar-refractivity contribution in [3.05, 3.63) is 29.3 Å². The topological polar surface area (TPSA) is 55.8 Å². The van der Waals surface area contributed by atoms with Crippen LogP contribution in [-0.4, -0.2) is 25.0 Å². The maximum absolute atomic E-state index is 13.0. The first kappa shape index (κ1) is 11.4. The van der Waals surface area contributed by atoms with E-state index in [4.69, 9.17) is 9.84 Å². The van der Waals surface area contributed by atoms with Gasteiger partial charge < -0.3 is 14.6 Å². The molecule has 0 spiro atoms. The molecule has 4 nitrogen and oxygen atoms in total. The summed E-state index contributed by atoms with van der Waals surface area (Å²) < 4.78 is 35.1. The Kier molecular flexibility index (Phi) is 3.56. The molecule has 0 heterocycles. The number of carboxylic acid groups (broad SMARTS) is 1. The third kappa shape index (κ3) is 2.63. The summed E-state index contributed by atoms with van der Waals surface area (Å²) in [5.41, 5.74) is -0.650. The van der Waals surface area contributed by atoms with E-state index in [-0.39, 0.29) is 12.5 Å². The van der Waals surface area contributed by atoms with Gasteiger partial charge in [0, 0.05) is 19.2 Å². The third-order valence-electron chi connectivity index (χ3n) is 1.58. The first-order chi connectivity index (χ1) is 7.06. The maximum atomic E-state index is 13.0. The van der Waals surface area contributed by atoms with Crippen LogP contribution in [0.25, 0.3) is 0 Å². The van der Waals surface area contributed by atoms with Crippen molar-refractivity contribution in [1.29, 1.82) is 0 Å². The number of halogens is 2. The van der Waals surface area contributed by atoms with E-state index in [1.54, 1.807) is 0 Å². The Morgan fingerprint density at radius 3 is 2.60 bits per heavy atom. The number of hydrogen-bond donors (Lipinski definition) is 1. The number of benzene rings is 1. The van der Waals surface area contributed by atoms with Crippen LogP contribution in [0.15, 0.2) is 12.1 Å². The van der Waals surface area contributed by atoms with Crippen LogP contribution >= 0.6 is 0 Å². The number of carbonyl (C=O) groups is 1. The predicted molar refractivity (Wildman–Crippen MR) is 45.8 cm³/mol. The van der Waals surface area contributed by atoms with E-state index in [9.17, 15) is 13.6 Å². The van der Waals surface area contributed by atoms with Crippen molar-refractivity contribution >= 4 is 5.97 Å². The van der Waals surface area contributed by atoms with Crippen molar-refractivity contribution in [2.75, 3.05) is 13.9 Å². The highest BCUT2D eigenvalue weighted by molar-refractivity contribution is 5.88. The van der Waals surface area contributed by atoms with Gasteiger partial charge in [-0.3, -0.25) is 0 Å². The van der Waals surface area contributed by atoms with Gasteiger partial charge in [0.15, 0.2) is 18.4 Å². The zero-order valence-corrected chi connectivity index (χ0v) is 7.79. The lowest BCUT2D eigenvalue weighted by molar-refractivity contribution is 0.0477. The zero-order valence-electron chi connectivity index (χ0n) is 7.79. The number of hydrogen-bond acceptors (Lipinski definition) is 3. The van der Waals surface area contributed by atoms with Crippen LogP contribution < -0.4 is 4.74 Å². The lowest BCUT2D eigenvalue weighted by Crippen LogP contribution is -2.06. The molecule has 0 amide bonds. The van der Waals surface area contributed by atoms with E-state index < -0.39 is 23.2 Å². The minimum atomic E-state index is -1.49. The molecule has 0 atom stereocenters. The second-order valence-electron chi connectivity index (χ2n) is 2.62. The molecule has 0 unspecified atom stereocenters. The zero-order chi connectivity index (χ0) is 11.4. The fourth-order valence-electron chi connectivity index (χ4n) is 0.926. The molecule has 82 valence electrons. The van der Waals surface area contributed by atoms with E-state index in [1.165, 1.54) is 7.11 Å². The Morgan fingerprint density at radius 2 is 2.07 bits per heavy atom. The van der Waals surface area contributed by atoms with Crippen molar-refractivity contribution < 1.29 is 28.2 Å². The van der Waals surface area contributed by atoms with Crippen molar-refractivity contribution in [3.8, 4) is 5.75 Å². The maximum Gasteiger partial charge on any atom is 0.338 e. The van der Waals surface area contributed by atoms with Gasteiger partial charge in [0.25, 0.3) is 0 Å². The smallest absolute Gasteiger partial charge is 0.338 e. The number of rotatable bonds is 4. The van der Waals surface area contributed by atoms with Gasteiger partial charge in [-0.1, -0.05) is 0 Å². The SMILES string of the molecule is COCOc1cc(C(=O)O)c(F)cc1F. The largest absolute Gasteiger partial charge is 0.478 e. The summed E-state index contributed by atoms with van der Waals surface area (Å²) in [6.07, 6.45) is 0. The molecule has 0 saturated carbocycles. The van der Waals surface area contributed by atoms with Gasteiger partial charge in [0.05, 0.1) is 5.56 Å². The molecule has 0 saturated heterocycles. The van der Waals surface area contributed by atoms with Gasteiger partial charge >= 0.3 is 5.97 Å². The van der Waals surface area contributed by atoms with E-state index in [2.05, 4.69) is 4.74 Å². The monoisotopic (exact) mass is 218 g/mol. The molecule has 1 aromatic rings. The van der Waals surface area contributed by atoms with E-state index in [1.807, 2.05) is 0 Å². The van der Waals surface area contributed by atoms with E-state index in [0.717, 1.165) is 6.07 Å². The third-order valence-corrected chi connectivity index (χ3v) is 1.58. The Bertz CT molecular complexity index is 379. The fourth-order valence-corrected chi connectivity index (χ4v) is 0.926. The lowest BCUT2D eigenvalue weighted by atomic mass is 10.2. The quantitative estimate of drug-likeness (QED) is 0.780. The van der Waals surface area contributed by atoms with Crippen LogP contribution in [-0.2, 0) is 4.74 Å². The highest BCUT2D eigenvalue weighted by Gasteiger charge is 2.15. The van der Waals surface area contributed by atoms with Crippen LogP contribution in [0.1, 0.15) is 10.4 Å². The predicted octanol–water partition coefficient (Wildman–Crippen LogP) is 1.65. The summed E-state index contributed by atoms with van der Waals surface area (Å²) in [5.74, 6) is -3.98. The number of aromatic carboxylic acids is 1. The molecule has 1 N–H and O–H groups in total. The molecule has 0 aliphatic heterocycles. The average Bonchev–Trinajstić information content (AvgIpc) is 2.16. The highest BCUT2D eigenvalue weighted by atomic mass is 19.1. The molecular weight excluding hydrogens is 210 g/mol. The normalized spacial score (nSPS) is 10.1. The van der Waals surface area contributed by atoms with Crippen molar-refractivity contribution in [3.63, 3.8) is 0 Å². The van der Waals surface area contributed by atoms with E-state index in [0.29, 0.717) is 6.07 Å². The summed E-state index contributed by atoms with van der Waals surface area (Å²) in [5, 5.41) is 8.56. The first-order valence-electron chi connectivity index (χ1n) is 3.90. The van der Waals surface area contributed by atoms with Crippen LogP contribution in [0.5, 0.6) is 5.75 Å². The Morgan fingerprint density at radius 1 is 1.40 bits per heavy atom. The summed E-state index contributed by atoms with van der Waals surface area (Å²) >= 11 is 0. The van der Waals surface area contributed by atoms with Gasteiger partial charge in [-0.15, -0.1) is 0 Å². The number of ether oxygens (including phenoxy) is 2. The molecule has 0 radical (unpaired) electrons. The molecule has 0 bridgehead atoms. The molecule has 0 aliphatic rings. The molecule has 6 heteroatoms. The molecule has 1 rings (SSSR count). The second kappa shape index (κ2) is 4.70. The fraction of sp³-hybridized carbons (Fsp3) is 0.222. The second-order valence-corrected chi connectivity index (χ2v) is 2.62. The van der Waals surface area contributed by atoms with Gasteiger partial charge in [0.1, 0.15) is 5.82 Å². The summed E-state index contributed by atoms with van der Waals surface area (Å²) in [6, 6.07) is 1.22. The summed E-state index contributed by atoms with van der Waals surface area (Å²) in [4.78, 5) is 10.5. The van der Waals surface area contributed by atoms with Crippen molar-refractivity contribution in [1.82, 2.24) is 0 Å². The molecule has 0 aromatic heterocycles. The molecule has 0 aliphatic carbocycles. The Hall–Kier alpha value is -1.69. The number of carboxylic acids is 1. The molecular formula is C9H8F2O4. The Balaban J connectivity index is 3.06. The first-order valence-corrected chi connectivity index (χ1v) is 3.90. The Labute approximate surface area is 84.0 Å². The number of methoxy groups -OCH3 is 1. The highest BCUT2D eigenvalue weighted by Crippen LogP contribution is 2.21.